The first-order chi connectivity index (χ1) is 4.87. The van der Waals surface area contributed by atoms with Gasteiger partial charge in [-0.2, -0.15) is 0 Å². The molecule has 5 N–H and O–H groups in total. The van der Waals surface area contributed by atoms with Crippen LogP contribution in [0.1, 0.15) is 6.92 Å². The van der Waals surface area contributed by atoms with Crippen molar-refractivity contribution >= 4 is 7.82 Å². The van der Waals surface area contributed by atoms with E-state index in [0.717, 1.165) is 0 Å². The Balaban J connectivity index is 3.87. The highest BCUT2D eigenvalue weighted by molar-refractivity contribution is 7.46. The molecular weight excluding hydrogens is 173 g/mol. The van der Waals surface area contributed by atoms with E-state index in [1.165, 1.54) is 6.92 Å². The summed E-state index contributed by atoms with van der Waals surface area (Å²) in [6.07, 6.45) is -1.51. The number of aliphatic hydroxyl groups excluding tert-OH is 1. The molecule has 0 aromatic heterocycles. The Bertz CT molecular complexity index is 157. The fourth-order valence-electron chi connectivity index (χ4n) is 0.361. The lowest BCUT2D eigenvalue weighted by Gasteiger charge is -2.17. The van der Waals surface area contributed by atoms with E-state index in [1.54, 1.807) is 0 Å². The zero-order valence-corrected chi connectivity index (χ0v) is 6.94. The van der Waals surface area contributed by atoms with Crippen molar-refractivity contribution in [3.8, 4) is 0 Å². The Morgan fingerprint density at radius 1 is 1.64 bits per heavy atom. The lowest BCUT2D eigenvalue weighted by Crippen LogP contribution is -2.26. The standard InChI is InChI=1S/C4H12NO5P/c1-3(2-5)4(6)10-11(7,8)9/h3-4,6H,2,5H2,1H3,(H2,7,8,9). The largest absolute Gasteiger partial charge is 0.471 e. The zero-order chi connectivity index (χ0) is 9.07. The van der Waals surface area contributed by atoms with Crippen LogP contribution in [0.25, 0.3) is 0 Å². The van der Waals surface area contributed by atoms with Gasteiger partial charge in [0.2, 0.25) is 0 Å². The summed E-state index contributed by atoms with van der Waals surface area (Å²) in [6, 6.07) is 0. The summed E-state index contributed by atoms with van der Waals surface area (Å²) in [5, 5.41) is 8.86. The molecule has 6 nitrogen and oxygen atoms in total. The van der Waals surface area contributed by atoms with Gasteiger partial charge in [-0.3, -0.25) is 4.52 Å². The summed E-state index contributed by atoms with van der Waals surface area (Å²) in [6.45, 7) is 1.61. The molecule has 0 aliphatic carbocycles. The van der Waals surface area contributed by atoms with Gasteiger partial charge in [-0.1, -0.05) is 6.92 Å². The maximum Gasteiger partial charge on any atom is 0.471 e. The maximum absolute atomic E-state index is 10.1. The molecule has 0 saturated heterocycles. The summed E-state index contributed by atoms with van der Waals surface area (Å²) in [5.41, 5.74) is 5.10. The van der Waals surface area contributed by atoms with E-state index in [4.69, 9.17) is 20.6 Å². The van der Waals surface area contributed by atoms with Gasteiger partial charge < -0.3 is 20.6 Å². The molecule has 0 bridgehead atoms. The second kappa shape index (κ2) is 4.15. The third-order valence-corrected chi connectivity index (χ3v) is 1.59. The Hall–Kier alpha value is 0.0300. The van der Waals surface area contributed by atoms with Gasteiger partial charge in [0.25, 0.3) is 0 Å². The van der Waals surface area contributed by atoms with Gasteiger partial charge in [-0.15, -0.1) is 0 Å². The number of hydrogen-bond donors (Lipinski definition) is 4. The highest BCUT2D eigenvalue weighted by atomic mass is 31.2. The van der Waals surface area contributed by atoms with Gasteiger partial charge in [-0.25, -0.2) is 4.57 Å². The van der Waals surface area contributed by atoms with E-state index >= 15 is 0 Å². The molecule has 0 fully saturated rings. The molecule has 0 spiro atoms. The predicted octanol–water partition coefficient (Wildman–Crippen LogP) is -0.991. The maximum atomic E-state index is 10.1. The summed E-state index contributed by atoms with van der Waals surface area (Å²) >= 11 is 0. The van der Waals surface area contributed by atoms with Crippen molar-refractivity contribution in [2.45, 2.75) is 13.2 Å². The smallest absolute Gasteiger partial charge is 0.367 e. The minimum atomic E-state index is -4.59. The van der Waals surface area contributed by atoms with E-state index in [0.29, 0.717) is 0 Å². The van der Waals surface area contributed by atoms with E-state index in [1.807, 2.05) is 0 Å². The lowest BCUT2D eigenvalue weighted by molar-refractivity contribution is -0.0696. The number of hydrogen-bond acceptors (Lipinski definition) is 4. The van der Waals surface area contributed by atoms with Gasteiger partial charge >= 0.3 is 7.82 Å². The monoisotopic (exact) mass is 185 g/mol. The normalized spacial score (nSPS) is 17.9. The summed E-state index contributed by atoms with van der Waals surface area (Å²) in [4.78, 5) is 16.4. The highest BCUT2D eigenvalue weighted by Crippen LogP contribution is 2.38. The van der Waals surface area contributed by atoms with Crippen molar-refractivity contribution < 1.29 is 24.0 Å². The van der Waals surface area contributed by atoms with Gasteiger partial charge in [0, 0.05) is 5.92 Å². The fraction of sp³-hybridized carbons (Fsp3) is 1.00. The first-order valence-electron chi connectivity index (χ1n) is 2.99. The molecule has 0 heterocycles. The molecule has 2 atom stereocenters. The molecule has 11 heavy (non-hydrogen) atoms. The molecule has 0 saturated carbocycles. The molecule has 0 rings (SSSR count). The topological polar surface area (TPSA) is 113 Å². The molecular formula is C4H12NO5P. The predicted molar refractivity (Wildman–Crippen MR) is 37.4 cm³/mol. The average Bonchev–Trinajstić information content (AvgIpc) is 1.82. The molecule has 2 unspecified atom stereocenters. The van der Waals surface area contributed by atoms with Crippen LogP contribution in [0.4, 0.5) is 0 Å². The molecule has 0 aliphatic heterocycles. The summed E-state index contributed by atoms with van der Waals surface area (Å²) in [7, 11) is -4.59. The molecule has 0 aromatic rings. The number of nitrogens with two attached hydrogens (primary N) is 1. The number of aliphatic hydroxyl groups is 1. The SMILES string of the molecule is CC(CN)C(O)OP(=O)(O)O. The minimum absolute atomic E-state index is 0.0984. The highest BCUT2D eigenvalue weighted by Gasteiger charge is 2.23. The van der Waals surface area contributed by atoms with Crippen LogP contribution in [0.5, 0.6) is 0 Å². The van der Waals surface area contributed by atoms with Gasteiger partial charge in [0.05, 0.1) is 0 Å². The number of phosphoric acid groups is 1. The molecule has 0 aliphatic rings. The molecule has 0 aromatic carbocycles. The fourth-order valence-corrected chi connectivity index (χ4v) is 0.850. The van der Waals surface area contributed by atoms with Gasteiger partial charge in [0.15, 0.2) is 6.29 Å². The minimum Gasteiger partial charge on any atom is -0.367 e. The van der Waals surface area contributed by atoms with Crippen LogP contribution in [0, 0.1) is 5.92 Å². The second-order valence-electron chi connectivity index (χ2n) is 2.20. The second-order valence-corrected chi connectivity index (χ2v) is 3.39. The van der Waals surface area contributed by atoms with E-state index in [9.17, 15) is 4.57 Å². The van der Waals surface area contributed by atoms with Gasteiger partial charge in [0.1, 0.15) is 0 Å². The van der Waals surface area contributed by atoms with Crippen molar-refractivity contribution in [3.05, 3.63) is 0 Å². The number of phosphoric ester groups is 1. The van der Waals surface area contributed by atoms with Crippen molar-refractivity contribution in [2.75, 3.05) is 6.54 Å². The van der Waals surface area contributed by atoms with Crippen molar-refractivity contribution in [2.24, 2.45) is 11.7 Å². The van der Waals surface area contributed by atoms with Crippen LogP contribution < -0.4 is 5.73 Å². The Kier molecular flexibility index (Phi) is 4.17. The summed E-state index contributed by atoms with van der Waals surface area (Å²) in [5.74, 6) is -0.498. The first kappa shape index (κ1) is 11.0. The van der Waals surface area contributed by atoms with Crippen LogP contribution in [0.2, 0.25) is 0 Å². The van der Waals surface area contributed by atoms with E-state index in [2.05, 4.69) is 4.52 Å². The van der Waals surface area contributed by atoms with Gasteiger partial charge in [-0.05, 0) is 6.54 Å². The van der Waals surface area contributed by atoms with Crippen LogP contribution in [0.3, 0.4) is 0 Å². The van der Waals surface area contributed by atoms with Crippen LogP contribution in [0.15, 0.2) is 0 Å². The lowest BCUT2D eigenvalue weighted by atomic mass is 10.2. The Labute approximate surface area is 64.2 Å². The van der Waals surface area contributed by atoms with Crippen molar-refractivity contribution in [3.63, 3.8) is 0 Å². The van der Waals surface area contributed by atoms with Crippen molar-refractivity contribution in [1.82, 2.24) is 0 Å². The van der Waals surface area contributed by atoms with Crippen LogP contribution >= 0.6 is 7.82 Å². The first-order valence-corrected chi connectivity index (χ1v) is 4.52. The Morgan fingerprint density at radius 3 is 2.36 bits per heavy atom. The average molecular weight is 185 g/mol. The van der Waals surface area contributed by atoms with Crippen molar-refractivity contribution in [1.29, 1.82) is 0 Å². The number of rotatable bonds is 4. The third-order valence-electron chi connectivity index (χ3n) is 1.10. The van der Waals surface area contributed by atoms with E-state index < -0.39 is 20.0 Å². The third kappa shape index (κ3) is 5.32. The van der Waals surface area contributed by atoms with Crippen LogP contribution in [-0.2, 0) is 9.09 Å². The van der Waals surface area contributed by atoms with E-state index in [-0.39, 0.29) is 6.54 Å². The molecule has 7 heteroatoms. The molecule has 0 radical (unpaired) electrons. The Morgan fingerprint density at radius 2 is 2.09 bits per heavy atom. The molecule has 68 valence electrons. The quantitative estimate of drug-likeness (QED) is 0.330. The zero-order valence-electron chi connectivity index (χ0n) is 6.04. The van der Waals surface area contributed by atoms with Crippen LogP contribution in [-0.4, -0.2) is 27.7 Å². The summed E-state index contributed by atoms with van der Waals surface area (Å²) < 4.78 is 14.1. The molecule has 0 amide bonds.